The molecule has 0 heterocycles. The first-order valence-corrected chi connectivity index (χ1v) is 8.58. The fourth-order valence-corrected chi connectivity index (χ4v) is 4.12. The van der Waals surface area contributed by atoms with E-state index in [1.165, 1.54) is 31.4 Å². The summed E-state index contributed by atoms with van der Waals surface area (Å²) < 4.78 is 5.08. The lowest BCUT2D eigenvalue weighted by Crippen LogP contribution is -2.23. The summed E-state index contributed by atoms with van der Waals surface area (Å²) in [5.74, 6) is 1.05. The maximum atomic E-state index is 11.9. The van der Waals surface area contributed by atoms with Crippen LogP contribution in [0.5, 0.6) is 0 Å². The smallest absolute Gasteiger partial charge is 0.306 e. The molecule has 3 rings (SSSR count). The van der Waals surface area contributed by atoms with Crippen molar-refractivity contribution in [3.63, 3.8) is 0 Å². The highest BCUT2D eigenvalue weighted by Gasteiger charge is 2.40. The van der Waals surface area contributed by atoms with Gasteiger partial charge in [-0.3, -0.25) is 9.59 Å². The van der Waals surface area contributed by atoms with Gasteiger partial charge in [0.15, 0.2) is 6.61 Å². The van der Waals surface area contributed by atoms with Gasteiger partial charge in [-0.2, -0.15) is 5.26 Å². The van der Waals surface area contributed by atoms with E-state index in [0.717, 1.165) is 12.3 Å². The molecule has 126 valence electrons. The summed E-state index contributed by atoms with van der Waals surface area (Å²) in [6, 6.07) is 6.57. The molecule has 6 heteroatoms. The maximum absolute atomic E-state index is 11.9. The summed E-state index contributed by atoms with van der Waals surface area (Å²) in [4.78, 5) is 23.9. The quantitative estimate of drug-likeness (QED) is 0.827. The number of nitrogens with zero attached hydrogens (tertiary/aromatic N) is 1. The fourth-order valence-electron chi connectivity index (χ4n) is 3.95. The van der Waals surface area contributed by atoms with Crippen LogP contribution < -0.4 is 5.32 Å². The second-order valence-corrected chi connectivity index (χ2v) is 7.09. The molecule has 1 aromatic carbocycles. The lowest BCUT2D eigenvalue weighted by atomic mass is 9.86. The summed E-state index contributed by atoms with van der Waals surface area (Å²) in [6.45, 7) is -0.350. The molecule has 1 amide bonds. The molecule has 0 saturated heterocycles. The number of nitriles is 1. The van der Waals surface area contributed by atoms with Gasteiger partial charge in [0.25, 0.3) is 5.91 Å². The van der Waals surface area contributed by atoms with E-state index < -0.39 is 5.91 Å². The normalized spacial score (nSPS) is 24.4. The largest absolute Gasteiger partial charge is 0.456 e. The Morgan fingerprint density at radius 3 is 2.83 bits per heavy atom. The molecule has 0 aliphatic heterocycles. The third kappa shape index (κ3) is 3.88. The number of halogens is 1. The second-order valence-electron chi connectivity index (χ2n) is 6.65. The Kier molecular flexibility index (Phi) is 5.06. The van der Waals surface area contributed by atoms with Crippen molar-refractivity contribution >= 4 is 29.2 Å². The number of hydrogen-bond acceptors (Lipinski definition) is 4. The lowest BCUT2D eigenvalue weighted by Gasteiger charge is -2.20. The third-order valence-corrected chi connectivity index (χ3v) is 5.29. The molecule has 2 aliphatic carbocycles. The van der Waals surface area contributed by atoms with Crippen molar-refractivity contribution in [1.29, 1.82) is 5.26 Å². The Balaban J connectivity index is 1.46. The van der Waals surface area contributed by atoms with Gasteiger partial charge in [-0.1, -0.05) is 18.0 Å². The summed E-state index contributed by atoms with van der Waals surface area (Å²) in [5, 5.41) is 12.0. The Hall–Kier alpha value is -2.06. The molecule has 0 aromatic heterocycles. The van der Waals surface area contributed by atoms with Gasteiger partial charge in [-0.25, -0.2) is 0 Å². The highest BCUT2D eigenvalue weighted by atomic mass is 35.5. The fraction of sp³-hybridized carbons (Fsp3) is 0.500. The number of ether oxygens (including phenoxy) is 1. The van der Waals surface area contributed by atoms with Crippen LogP contribution in [-0.2, 0) is 14.3 Å². The van der Waals surface area contributed by atoms with Gasteiger partial charge >= 0.3 is 5.97 Å². The molecule has 1 aromatic rings. The van der Waals surface area contributed by atoms with Crippen molar-refractivity contribution in [2.75, 3.05) is 11.9 Å². The molecule has 24 heavy (non-hydrogen) atoms. The van der Waals surface area contributed by atoms with Crippen molar-refractivity contribution in [3.8, 4) is 6.07 Å². The summed E-state index contributed by atoms with van der Waals surface area (Å²) >= 11 is 5.86. The predicted molar refractivity (Wildman–Crippen MR) is 89.3 cm³/mol. The minimum absolute atomic E-state index is 0.307. The number of benzene rings is 1. The highest BCUT2D eigenvalue weighted by molar-refractivity contribution is 6.31. The van der Waals surface area contributed by atoms with Crippen molar-refractivity contribution in [2.24, 2.45) is 17.8 Å². The van der Waals surface area contributed by atoms with E-state index in [9.17, 15) is 9.59 Å². The van der Waals surface area contributed by atoms with Gasteiger partial charge in [-0.05, 0) is 55.2 Å². The number of fused-ring (bicyclic) bond motifs is 2. The first kappa shape index (κ1) is 16.8. The van der Waals surface area contributed by atoms with Crippen molar-refractivity contribution < 1.29 is 14.3 Å². The lowest BCUT2D eigenvalue weighted by molar-refractivity contribution is -0.148. The van der Waals surface area contributed by atoms with Crippen LogP contribution in [0.15, 0.2) is 18.2 Å². The number of carbonyl (C=O) groups excluding carboxylic acids is 2. The molecule has 2 saturated carbocycles. The van der Waals surface area contributed by atoms with Crippen molar-refractivity contribution in [1.82, 2.24) is 0 Å². The molecule has 3 atom stereocenters. The van der Waals surface area contributed by atoms with Gasteiger partial charge in [0.05, 0.1) is 11.3 Å². The molecule has 5 nitrogen and oxygen atoms in total. The monoisotopic (exact) mass is 346 g/mol. The molecular weight excluding hydrogens is 328 g/mol. The maximum Gasteiger partial charge on any atom is 0.306 e. The molecule has 1 N–H and O–H groups in total. The zero-order valence-electron chi connectivity index (χ0n) is 13.3. The number of rotatable bonds is 5. The Bertz CT molecular complexity index is 698. The molecule has 2 bridgehead atoms. The zero-order valence-corrected chi connectivity index (χ0v) is 14.0. The van der Waals surface area contributed by atoms with Crippen molar-refractivity contribution in [2.45, 2.75) is 32.1 Å². The van der Waals surface area contributed by atoms with Gasteiger partial charge < -0.3 is 10.1 Å². The number of carbonyl (C=O) groups is 2. The zero-order chi connectivity index (χ0) is 17.1. The first-order valence-electron chi connectivity index (χ1n) is 8.20. The third-order valence-electron chi connectivity index (χ3n) is 5.05. The number of esters is 1. The van der Waals surface area contributed by atoms with E-state index >= 15 is 0 Å². The summed E-state index contributed by atoms with van der Waals surface area (Å²) in [7, 11) is 0. The second kappa shape index (κ2) is 7.23. The standard InChI is InChI=1S/C18H19ClN2O3/c19-15-4-3-13(9-20)16(8-15)21-17(22)10-24-18(23)7-14-6-11-1-2-12(14)5-11/h3-4,8,11-12,14H,1-2,5-7,10H2,(H,21,22)/t11-,12+,14+/m1/s1. The van der Waals surface area contributed by atoms with Crippen molar-refractivity contribution in [3.05, 3.63) is 28.8 Å². The first-order chi connectivity index (χ1) is 11.5. The SMILES string of the molecule is N#Cc1ccc(Cl)cc1NC(=O)COC(=O)C[C@@H]1C[C@@H]2CC[C@H]1C2. The number of nitrogens with one attached hydrogen (secondary N) is 1. The average Bonchev–Trinajstić information content (AvgIpc) is 3.16. The molecule has 0 unspecified atom stereocenters. The van der Waals surface area contributed by atoms with Gasteiger partial charge in [0, 0.05) is 11.4 Å². The van der Waals surface area contributed by atoms with E-state index in [2.05, 4.69) is 5.32 Å². The number of hydrogen-bond donors (Lipinski definition) is 1. The predicted octanol–water partition coefficient (Wildman–Crippen LogP) is 3.52. The number of anilines is 1. The number of amides is 1. The van der Waals surface area contributed by atoms with E-state index in [0.29, 0.717) is 34.5 Å². The molecule has 0 spiro atoms. The van der Waals surface area contributed by atoms with Crippen LogP contribution >= 0.6 is 11.6 Å². The van der Waals surface area contributed by atoms with Gasteiger partial charge in [0.2, 0.25) is 0 Å². The van der Waals surface area contributed by atoms with Crippen LogP contribution in [-0.4, -0.2) is 18.5 Å². The molecule has 2 aliphatic rings. The molecule has 2 fully saturated rings. The van der Waals surface area contributed by atoms with Crippen LogP contribution in [0, 0.1) is 29.1 Å². The van der Waals surface area contributed by atoms with E-state index in [1.54, 1.807) is 6.07 Å². The van der Waals surface area contributed by atoms with Crippen LogP contribution in [0.1, 0.15) is 37.7 Å². The Labute approximate surface area is 145 Å². The van der Waals surface area contributed by atoms with Gasteiger partial charge in [-0.15, -0.1) is 0 Å². The Morgan fingerprint density at radius 1 is 1.33 bits per heavy atom. The minimum atomic E-state index is -0.477. The summed E-state index contributed by atoms with van der Waals surface area (Å²) in [5.41, 5.74) is 0.625. The van der Waals surface area contributed by atoms with Crippen LogP contribution in [0.2, 0.25) is 5.02 Å². The van der Waals surface area contributed by atoms with Crippen LogP contribution in [0.25, 0.3) is 0 Å². The van der Waals surface area contributed by atoms with Gasteiger partial charge in [0.1, 0.15) is 6.07 Å². The molecular formula is C18H19ClN2O3. The van der Waals surface area contributed by atoms with E-state index in [4.69, 9.17) is 21.6 Å². The Morgan fingerprint density at radius 2 is 2.17 bits per heavy atom. The highest BCUT2D eigenvalue weighted by Crippen LogP contribution is 2.49. The topological polar surface area (TPSA) is 79.2 Å². The molecule has 0 radical (unpaired) electrons. The van der Waals surface area contributed by atoms with Crippen LogP contribution in [0.3, 0.4) is 0 Å². The van der Waals surface area contributed by atoms with Crippen LogP contribution in [0.4, 0.5) is 5.69 Å². The van der Waals surface area contributed by atoms with E-state index in [1.807, 2.05) is 6.07 Å². The van der Waals surface area contributed by atoms with E-state index in [-0.39, 0.29) is 12.6 Å². The summed E-state index contributed by atoms with van der Waals surface area (Å²) in [6.07, 6.45) is 5.26. The average molecular weight is 347 g/mol. The minimum Gasteiger partial charge on any atom is -0.456 e.